The Bertz CT molecular complexity index is 866. The molecule has 1 fully saturated rings. The van der Waals surface area contributed by atoms with Gasteiger partial charge in [-0.05, 0) is 12.1 Å². The van der Waals surface area contributed by atoms with Crippen LogP contribution in [0, 0.1) is 5.92 Å². The summed E-state index contributed by atoms with van der Waals surface area (Å²) in [5, 5.41) is 10.5. The van der Waals surface area contributed by atoms with E-state index < -0.39 is 9.84 Å². The zero-order valence-corrected chi connectivity index (χ0v) is 15.0. The molecule has 1 aromatic heterocycles. The monoisotopic (exact) mass is 366 g/mol. The Morgan fingerprint density at radius 1 is 1.38 bits per heavy atom. The average Bonchev–Trinajstić information content (AvgIpc) is 3.13. The third-order valence-corrected chi connectivity index (χ3v) is 6.25. The fourth-order valence-corrected chi connectivity index (χ4v) is 4.20. The molecule has 0 saturated carbocycles. The first kappa shape index (κ1) is 17.1. The number of anilines is 1. The Hall–Kier alpha value is -1.77. The number of ketones is 1. The van der Waals surface area contributed by atoms with Crippen LogP contribution in [0.1, 0.15) is 22.2 Å². The first-order valence-corrected chi connectivity index (χ1v) is 10.2. The lowest BCUT2D eigenvalue weighted by Crippen LogP contribution is -2.20. The molecule has 1 N–H and O–H groups in total. The maximum absolute atomic E-state index is 12.6. The van der Waals surface area contributed by atoms with E-state index in [0.29, 0.717) is 28.7 Å². The van der Waals surface area contributed by atoms with Crippen LogP contribution in [-0.2, 0) is 9.84 Å². The second kappa shape index (κ2) is 6.27. The highest BCUT2D eigenvalue weighted by atomic mass is 32.2. The third kappa shape index (κ3) is 3.35. The second-order valence-corrected chi connectivity index (χ2v) is 9.11. The molecule has 128 valence electrons. The van der Waals surface area contributed by atoms with Gasteiger partial charge in [-0.3, -0.25) is 4.79 Å². The van der Waals surface area contributed by atoms with E-state index in [9.17, 15) is 18.3 Å². The van der Waals surface area contributed by atoms with Crippen LogP contribution in [0.5, 0.6) is 0 Å². The van der Waals surface area contributed by atoms with Crippen molar-refractivity contribution in [3.05, 3.63) is 40.9 Å². The standard InChI is InChI=1S/C16H18N2O4S2/c1-10-8-18(9-13(10)19)16-17-7-14(23-16)15(20)11-4-3-5-12(6-11)24(2,21)22/h3-7,10,13,19H,8-9H2,1-2H3. The highest BCUT2D eigenvalue weighted by Gasteiger charge is 2.30. The summed E-state index contributed by atoms with van der Waals surface area (Å²) in [5.41, 5.74) is 0.322. The van der Waals surface area contributed by atoms with Gasteiger partial charge < -0.3 is 10.0 Å². The highest BCUT2D eigenvalue weighted by Crippen LogP contribution is 2.29. The van der Waals surface area contributed by atoms with Crippen molar-refractivity contribution >= 4 is 32.1 Å². The molecule has 0 radical (unpaired) electrons. The summed E-state index contributed by atoms with van der Waals surface area (Å²) in [4.78, 5) is 19.4. The van der Waals surface area contributed by atoms with Crippen molar-refractivity contribution in [2.24, 2.45) is 5.92 Å². The number of hydrogen-bond acceptors (Lipinski definition) is 7. The first-order valence-electron chi connectivity index (χ1n) is 7.49. The smallest absolute Gasteiger partial charge is 0.204 e. The van der Waals surface area contributed by atoms with Crippen LogP contribution >= 0.6 is 11.3 Å². The third-order valence-electron chi connectivity index (χ3n) is 4.08. The largest absolute Gasteiger partial charge is 0.391 e. The Labute approximate surface area is 144 Å². The number of nitrogens with zero attached hydrogens (tertiary/aromatic N) is 2. The molecule has 2 heterocycles. The van der Waals surface area contributed by atoms with Crippen molar-refractivity contribution in [1.82, 2.24) is 4.98 Å². The van der Waals surface area contributed by atoms with Gasteiger partial charge in [0.2, 0.25) is 5.78 Å². The van der Waals surface area contributed by atoms with Crippen molar-refractivity contribution in [3.8, 4) is 0 Å². The molecule has 1 aliphatic rings. The lowest BCUT2D eigenvalue weighted by molar-refractivity contribution is 0.104. The van der Waals surface area contributed by atoms with E-state index in [1.165, 1.54) is 29.7 Å². The van der Waals surface area contributed by atoms with E-state index >= 15 is 0 Å². The summed E-state index contributed by atoms with van der Waals surface area (Å²) in [7, 11) is -3.36. The molecule has 6 nitrogen and oxygen atoms in total. The predicted molar refractivity (Wildman–Crippen MR) is 92.5 cm³/mol. The van der Waals surface area contributed by atoms with E-state index in [-0.39, 0.29) is 22.7 Å². The molecule has 2 aromatic rings. The molecule has 3 rings (SSSR count). The number of rotatable bonds is 4. The van der Waals surface area contributed by atoms with Crippen LogP contribution < -0.4 is 4.90 Å². The van der Waals surface area contributed by atoms with Gasteiger partial charge in [0.1, 0.15) is 0 Å². The van der Waals surface area contributed by atoms with Crippen LogP contribution in [-0.4, -0.2) is 49.7 Å². The van der Waals surface area contributed by atoms with Crippen LogP contribution in [0.2, 0.25) is 0 Å². The fraction of sp³-hybridized carbons (Fsp3) is 0.375. The number of thiazole rings is 1. The molecule has 0 amide bonds. The Balaban J connectivity index is 1.84. The minimum absolute atomic E-state index is 0.120. The minimum atomic E-state index is -3.36. The number of carbonyl (C=O) groups excluding carboxylic acids is 1. The number of aliphatic hydroxyl groups is 1. The summed E-state index contributed by atoms with van der Waals surface area (Å²) in [6, 6.07) is 6.01. The van der Waals surface area contributed by atoms with Crippen LogP contribution in [0.3, 0.4) is 0 Å². The van der Waals surface area contributed by atoms with Crippen molar-refractivity contribution in [2.75, 3.05) is 24.2 Å². The number of β-amino-alcohol motifs (C(OH)–C–C–N with tert-alkyl or cyclic N) is 1. The molecule has 24 heavy (non-hydrogen) atoms. The summed E-state index contributed by atoms with van der Waals surface area (Å²) in [5.74, 6) is -0.0865. The van der Waals surface area contributed by atoms with Crippen molar-refractivity contribution < 1.29 is 18.3 Å². The number of hydrogen-bond donors (Lipinski definition) is 1. The average molecular weight is 366 g/mol. The van der Waals surface area contributed by atoms with Gasteiger partial charge >= 0.3 is 0 Å². The number of aromatic nitrogens is 1. The Kier molecular flexibility index (Phi) is 4.46. The molecule has 0 aliphatic carbocycles. The van der Waals surface area contributed by atoms with Crippen LogP contribution in [0.4, 0.5) is 5.13 Å². The van der Waals surface area contributed by atoms with E-state index in [1.54, 1.807) is 12.1 Å². The number of aliphatic hydroxyl groups excluding tert-OH is 1. The molecule has 2 unspecified atom stereocenters. The Morgan fingerprint density at radius 2 is 2.12 bits per heavy atom. The number of carbonyl (C=O) groups is 1. The zero-order chi connectivity index (χ0) is 17.5. The molecule has 1 saturated heterocycles. The normalized spacial score (nSPS) is 21.2. The molecule has 2 atom stereocenters. The van der Waals surface area contributed by atoms with Gasteiger partial charge in [0.25, 0.3) is 0 Å². The molecular formula is C16H18N2O4S2. The molecular weight excluding hydrogens is 348 g/mol. The van der Waals surface area contributed by atoms with E-state index in [2.05, 4.69) is 4.98 Å². The van der Waals surface area contributed by atoms with E-state index in [4.69, 9.17) is 0 Å². The SMILES string of the molecule is CC1CN(c2ncc(C(=O)c3cccc(S(C)(=O)=O)c3)s2)CC1O. The molecule has 1 aromatic carbocycles. The van der Waals surface area contributed by atoms with Gasteiger partial charge in [-0.1, -0.05) is 30.4 Å². The summed E-state index contributed by atoms with van der Waals surface area (Å²) in [6.45, 7) is 3.18. The lowest BCUT2D eigenvalue weighted by Gasteiger charge is -2.12. The van der Waals surface area contributed by atoms with Crippen molar-refractivity contribution in [1.29, 1.82) is 0 Å². The van der Waals surface area contributed by atoms with Crippen molar-refractivity contribution in [3.63, 3.8) is 0 Å². The quantitative estimate of drug-likeness (QED) is 0.827. The first-order chi connectivity index (χ1) is 11.3. The van der Waals surface area contributed by atoms with Crippen LogP contribution in [0.15, 0.2) is 35.4 Å². The summed E-state index contributed by atoms with van der Waals surface area (Å²) in [6.07, 6.45) is 2.23. The lowest BCUT2D eigenvalue weighted by atomic mass is 10.1. The topological polar surface area (TPSA) is 87.6 Å². The maximum atomic E-state index is 12.6. The molecule has 0 bridgehead atoms. The fourth-order valence-electron chi connectivity index (χ4n) is 2.63. The molecule has 0 spiro atoms. The predicted octanol–water partition coefficient (Wildman–Crippen LogP) is 1.59. The van der Waals surface area contributed by atoms with Gasteiger partial charge in [0.05, 0.1) is 22.1 Å². The van der Waals surface area contributed by atoms with E-state index in [0.717, 1.165) is 6.26 Å². The van der Waals surface area contributed by atoms with Gasteiger partial charge in [0, 0.05) is 30.8 Å². The molecule has 1 aliphatic heterocycles. The molecule has 8 heteroatoms. The van der Waals surface area contributed by atoms with Gasteiger partial charge in [-0.25, -0.2) is 13.4 Å². The van der Waals surface area contributed by atoms with E-state index in [1.807, 2.05) is 11.8 Å². The second-order valence-electron chi connectivity index (χ2n) is 6.09. The number of benzene rings is 1. The summed E-state index contributed by atoms with van der Waals surface area (Å²) < 4.78 is 23.3. The zero-order valence-electron chi connectivity index (χ0n) is 13.3. The Morgan fingerprint density at radius 3 is 2.75 bits per heavy atom. The van der Waals surface area contributed by atoms with Crippen molar-refractivity contribution in [2.45, 2.75) is 17.9 Å². The maximum Gasteiger partial charge on any atom is 0.204 e. The minimum Gasteiger partial charge on any atom is -0.391 e. The van der Waals surface area contributed by atoms with Gasteiger partial charge in [0.15, 0.2) is 15.0 Å². The van der Waals surface area contributed by atoms with Gasteiger partial charge in [-0.2, -0.15) is 0 Å². The van der Waals surface area contributed by atoms with Gasteiger partial charge in [-0.15, -0.1) is 0 Å². The van der Waals surface area contributed by atoms with Crippen LogP contribution in [0.25, 0.3) is 0 Å². The number of sulfone groups is 1. The highest BCUT2D eigenvalue weighted by molar-refractivity contribution is 7.90. The summed E-state index contributed by atoms with van der Waals surface area (Å²) >= 11 is 1.26.